The third kappa shape index (κ3) is 1.77. The minimum Gasteiger partial charge on any atom is -0.414 e. The first-order valence-corrected chi connectivity index (χ1v) is 4.82. The van der Waals surface area contributed by atoms with Crippen LogP contribution in [0.3, 0.4) is 0 Å². The number of cyclic esters (lactones) is 1. The van der Waals surface area contributed by atoms with Gasteiger partial charge in [0.2, 0.25) is 0 Å². The summed E-state index contributed by atoms with van der Waals surface area (Å²) in [4.78, 5) is 12.0. The van der Waals surface area contributed by atoms with Crippen LogP contribution in [0.1, 0.15) is 5.56 Å². The highest BCUT2D eigenvalue weighted by Gasteiger charge is 2.35. The van der Waals surface area contributed by atoms with E-state index in [1.807, 2.05) is 25.2 Å². The van der Waals surface area contributed by atoms with Crippen molar-refractivity contribution in [2.75, 3.05) is 13.7 Å². The summed E-state index contributed by atoms with van der Waals surface area (Å²) in [6.45, 7) is 0.541. The van der Waals surface area contributed by atoms with Gasteiger partial charge in [-0.05, 0) is 5.56 Å². The smallest absolute Gasteiger partial charge is 0.414 e. The van der Waals surface area contributed by atoms with Gasteiger partial charge in [0.15, 0.2) is 0 Å². The summed E-state index contributed by atoms with van der Waals surface area (Å²) < 4.78 is 4.97. The number of amides is 1. The van der Waals surface area contributed by atoms with Crippen LogP contribution in [0.4, 0.5) is 4.79 Å². The van der Waals surface area contributed by atoms with Gasteiger partial charge >= 0.3 is 6.09 Å². The zero-order chi connectivity index (χ0) is 9.97. The first-order chi connectivity index (χ1) is 6.77. The summed E-state index contributed by atoms with van der Waals surface area (Å²) in [5.74, 6) is 0. The van der Waals surface area contributed by atoms with Crippen molar-refractivity contribution in [3.05, 3.63) is 35.9 Å². The molecule has 1 heterocycles. The maximum Gasteiger partial charge on any atom is 0.514 e. The second-order valence-electron chi connectivity index (χ2n) is 3.67. The zero-order valence-corrected chi connectivity index (χ0v) is 8.19. The van der Waals surface area contributed by atoms with E-state index in [4.69, 9.17) is 4.74 Å². The van der Waals surface area contributed by atoms with Crippen LogP contribution in [0.5, 0.6) is 0 Å². The van der Waals surface area contributed by atoms with Crippen LogP contribution in [0.25, 0.3) is 0 Å². The molecule has 3 nitrogen and oxygen atoms in total. The van der Waals surface area contributed by atoms with Gasteiger partial charge in [-0.2, -0.15) is 4.79 Å². The Kier molecular flexibility index (Phi) is 2.50. The van der Waals surface area contributed by atoms with Gasteiger partial charge in [-0.3, -0.25) is 0 Å². The molecule has 3 heteroatoms. The predicted octanol–water partition coefficient (Wildman–Crippen LogP) is 0.263. The Morgan fingerprint density at radius 1 is 1.43 bits per heavy atom. The van der Waals surface area contributed by atoms with E-state index in [1.54, 1.807) is 0 Å². The molecule has 0 aromatic heterocycles. The normalized spacial score (nSPS) is 26.2. The first-order valence-electron chi connectivity index (χ1n) is 4.82. The van der Waals surface area contributed by atoms with E-state index in [0.29, 0.717) is 6.61 Å². The lowest BCUT2D eigenvalue weighted by atomic mass is 10.1. The summed E-state index contributed by atoms with van der Waals surface area (Å²) in [6, 6.07) is 10.5. The molecular weight excluding hydrogens is 178 g/mol. The summed E-state index contributed by atoms with van der Waals surface area (Å²) in [5.41, 5.74) is 1.26. The molecule has 0 spiro atoms. The Labute approximate surface area is 83.3 Å². The molecule has 1 aromatic carbocycles. The second kappa shape index (κ2) is 3.80. The lowest BCUT2D eigenvalue weighted by Crippen LogP contribution is -3.13. The number of quaternary nitrogens is 1. The number of carbonyl (C=O) groups is 1. The van der Waals surface area contributed by atoms with Gasteiger partial charge in [0.25, 0.3) is 0 Å². The molecule has 0 bridgehead atoms. The van der Waals surface area contributed by atoms with Crippen LogP contribution in [0, 0.1) is 0 Å². The monoisotopic (exact) mass is 192 g/mol. The molecule has 1 fully saturated rings. The Hall–Kier alpha value is -1.35. The quantitative estimate of drug-likeness (QED) is 0.728. The number of alkyl carbamates (subject to hydrolysis) is 2. The van der Waals surface area contributed by atoms with E-state index in [1.165, 1.54) is 5.56 Å². The lowest BCUT2D eigenvalue weighted by Gasteiger charge is -2.10. The number of ether oxygens (including phenoxy) is 1. The minimum atomic E-state index is -0.133. The van der Waals surface area contributed by atoms with Crippen LogP contribution >= 0.6 is 0 Å². The van der Waals surface area contributed by atoms with Gasteiger partial charge in [-0.1, -0.05) is 30.3 Å². The number of benzene rings is 1. The highest BCUT2D eigenvalue weighted by molar-refractivity contribution is 5.58. The van der Waals surface area contributed by atoms with Crippen LogP contribution < -0.4 is 4.90 Å². The largest absolute Gasteiger partial charge is 0.514 e. The van der Waals surface area contributed by atoms with Crippen molar-refractivity contribution in [1.29, 1.82) is 0 Å². The highest BCUT2D eigenvalue weighted by atomic mass is 16.6. The van der Waals surface area contributed by atoms with E-state index >= 15 is 0 Å². The molecule has 74 valence electrons. The molecule has 2 atom stereocenters. The van der Waals surface area contributed by atoms with Crippen LogP contribution in [0.2, 0.25) is 0 Å². The first kappa shape index (κ1) is 9.21. The maximum absolute atomic E-state index is 11.1. The molecule has 1 saturated heterocycles. The van der Waals surface area contributed by atoms with Crippen LogP contribution in [-0.2, 0) is 11.2 Å². The Balaban J connectivity index is 2.02. The third-order valence-electron chi connectivity index (χ3n) is 2.67. The average molecular weight is 192 g/mol. The summed E-state index contributed by atoms with van der Waals surface area (Å²) in [6.07, 6.45) is 0.768. The standard InChI is InChI=1S/C11H13NO2/c1-12-10(8-14-11(12)13)7-9-5-3-2-4-6-9/h2-6,10H,7-8H2,1H3/p+1. The molecule has 2 unspecified atom stereocenters. The molecule has 14 heavy (non-hydrogen) atoms. The molecule has 0 saturated carbocycles. The number of likely N-dealkylation sites (N-methyl/N-ethyl adjacent to an activating group) is 1. The average Bonchev–Trinajstić information content (AvgIpc) is 2.52. The van der Waals surface area contributed by atoms with Gasteiger partial charge in [0.05, 0.1) is 7.05 Å². The third-order valence-corrected chi connectivity index (χ3v) is 2.67. The van der Waals surface area contributed by atoms with Gasteiger partial charge in [-0.25, -0.2) is 4.90 Å². The fraction of sp³-hybridized carbons (Fsp3) is 0.364. The molecule has 1 aromatic rings. The number of rotatable bonds is 2. The maximum atomic E-state index is 11.1. The lowest BCUT2D eigenvalue weighted by molar-refractivity contribution is -0.811. The molecule has 0 radical (unpaired) electrons. The van der Waals surface area contributed by atoms with Gasteiger partial charge < -0.3 is 4.74 Å². The molecule has 1 amide bonds. The number of carbonyl (C=O) groups excluding carboxylic acids is 1. The summed E-state index contributed by atoms with van der Waals surface area (Å²) in [7, 11) is 1.86. The van der Waals surface area contributed by atoms with Crippen LogP contribution in [-0.4, -0.2) is 25.8 Å². The number of hydrogen-bond acceptors (Lipinski definition) is 2. The van der Waals surface area contributed by atoms with Gasteiger partial charge in [0.1, 0.15) is 12.6 Å². The molecule has 2 rings (SSSR count). The summed E-state index contributed by atoms with van der Waals surface area (Å²) in [5, 5.41) is 0. The van der Waals surface area contributed by atoms with Crippen molar-refractivity contribution in [2.45, 2.75) is 12.5 Å². The van der Waals surface area contributed by atoms with E-state index in [-0.39, 0.29) is 12.1 Å². The topological polar surface area (TPSA) is 30.7 Å². The fourth-order valence-electron chi connectivity index (χ4n) is 1.69. The Bertz CT molecular complexity index is 323. The van der Waals surface area contributed by atoms with E-state index in [9.17, 15) is 4.79 Å². The van der Waals surface area contributed by atoms with E-state index in [0.717, 1.165) is 11.3 Å². The number of hydrogen-bond donors (Lipinski definition) is 1. The molecular formula is C11H14NO2+. The van der Waals surface area contributed by atoms with Gasteiger partial charge in [-0.15, -0.1) is 0 Å². The van der Waals surface area contributed by atoms with Crippen molar-refractivity contribution in [2.24, 2.45) is 0 Å². The minimum absolute atomic E-state index is 0.133. The SMILES string of the molecule is C[NH+]1C(=O)OCC1Cc1ccccc1. The molecule has 1 N–H and O–H groups in total. The number of nitrogens with one attached hydrogen (secondary N) is 1. The molecule has 1 aliphatic heterocycles. The Morgan fingerprint density at radius 2 is 2.14 bits per heavy atom. The van der Waals surface area contributed by atoms with E-state index in [2.05, 4.69) is 12.1 Å². The predicted molar refractivity (Wildman–Crippen MR) is 52.2 cm³/mol. The van der Waals surface area contributed by atoms with Gasteiger partial charge in [0, 0.05) is 6.42 Å². The fourth-order valence-corrected chi connectivity index (χ4v) is 1.69. The van der Waals surface area contributed by atoms with E-state index < -0.39 is 0 Å². The molecule has 1 aliphatic rings. The zero-order valence-electron chi connectivity index (χ0n) is 8.19. The Morgan fingerprint density at radius 3 is 2.71 bits per heavy atom. The van der Waals surface area contributed by atoms with Crippen molar-refractivity contribution < 1.29 is 14.4 Å². The highest BCUT2D eigenvalue weighted by Crippen LogP contribution is 2.04. The van der Waals surface area contributed by atoms with Crippen molar-refractivity contribution in [1.82, 2.24) is 0 Å². The second-order valence-corrected chi connectivity index (χ2v) is 3.67. The van der Waals surface area contributed by atoms with Crippen LogP contribution in [0.15, 0.2) is 30.3 Å². The van der Waals surface area contributed by atoms with Crippen molar-refractivity contribution in [3.8, 4) is 0 Å². The summed E-state index contributed by atoms with van der Waals surface area (Å²) >= 11 is 0. The van der Waals surface area contributed by atoms with Crippen molar-refractivity contribution >= 4 is 6.09 Å². The van der Waals surface area contributed by atoms with Crippen molar-refractivity contribution in [3.63, 3.8) is 0 Å². The molecule has 0 aliphatic carbocycles.